The third-order valence-electron chi connectivity index (χ3n) is 3.56. The number of nitrogens with one attached hydrogen (secondary N) is 1. The van der Waals surface area contributed by atoms with Crippen LogP contribution < -0.4 is 14.8 Å². The first kappa shape index (κ1) is 18.9. The van der Waals surface area contributed by atoms with Crippen molar-refractivity contribution in [2.45, 2.75) is 26.9 Å². The summed E-state index contributed by atoms with van der Waals surface area (Å²) in [7, 11) is 0. The number of amides is 1. The fourth-order valence-electron chi connectivity index (χ4n) is 2.29. The van der Waals surface area contributed by atoms with Crippen LogP contribution >= 0.6 is 11.6 Å². The van der Waals surface area contributed by atoms with Crippen molar-refractivity contribution in [2.75, 3.05) is 11.9 Å². The van der Waals surface area contributed by atoms with Crippen LogP contribution in [-0.4, -0.2) is 18.6 Å². The van der Waals surface area contributed by atoms with E-state index in [1.165, 1.54) is 0 Å². The van der Waals surface area contributed by atoms with Crippen LogP contribution in [0.1, 0.15) is 18.1 Å². The third kappa shape index (κ3) is 5.26. The van der Waals surface area contributed by atoms with E-state index in [1.54, 1.807) is 25.1 Å². The van der Waals surface area contributed by atoms with Crippen molar-refractivity contribution < 1.29 is 14.3 Å². The Hall–Kier alpha value is -2.46. The number of hydrogen-bond donors (Lipinski definition) is 1. The van der Waals surface area contributed by atoms with Crippen LogP contribution in [-0.2, 0) is 4.79 Å². The number of hydrogen-bond acceptors (Lipinski definition) is 3. The van der Waals surface area contributed by atoms with E-state index in [4.69, 9.17) is 21.1 Å². The highest BCUT2D eigenvalue weighted by atomic mass is 35.5. The summed E-state index contributed by atoms with van der Waals surface area (Å²) >= 11 is 6.15. The topological polar surface area (TPSA) is 47.6 Å². The normalized spacial score (nSPS) is 11.5. The molecule has 25 heavy (non-hydrogen) atoms. The highest BCUT2D eigenvalue weighted by molar-refractivity contribution is 6.32. The summed E-state index contributed by atoms with van der Waals surface area (Å²) < 4.78 is 11.2. The third-order valence-corrected chi connectivity index (χ3v) is 4.16. The van der Waals surface area contributed by atoms with Crippen molar-refractivity contribution in [3.8, 4) is 11.5 Å². The van der Waals surface area contributed by atoms with Crippen LogP contribution in [0.15, 0.2) is 49.1 Å². The predicted octanol–water partition coefficient (Wildman–Crippen LogP) is 4.93. The Labute approximate surface area is 153 Å². The van der Waals surface area contributed by atoms with Gasteiger partial charge in [-0.3, -0.25) is 4.79 Å². The van der Waals surface area contributed by atoms with Crippen molar-refractivity contribution in [1.29, 1.82) is 0 Å². The predicted molar refractivity (Wildman–Crippen MR) is 102 cm³/mol. The largest absolute Gasteiger partial charge is 0.489 e. The Morgan fingerprint density at radius 3 is 2.56 bits per heavy atom. The van der Waals surface area contributed by atoms with Gasteiger partial charge in [-0.2, -0.15) is 0 Å². The molecule has 0 aliphatic rings. The number of carbonyl (C=O) groups is 1. The first-order valence-corrected chi connectivity index (χ1v) is 8.36. The Kier molecular flexibility index (Phi) is 6.48. The van der Waals surface area contributed by atoms with E-state index in [9.17, 15) is 4.79 Å². The first-order valence-electron chi connectivity index (χ1n) is 7.98. The van der Waals surface area contributed by atoms with Gasteiger partial charge in [-0.15, -0.1) is 0 Å². The van der Waals surface area contributed by atoms with E-state index in [0.29, 0.717) is 28.8 Å². The van der Waals surface area contributed by atoms with Gasteiger partial charge in [0.05, 0.1) is 0 Å². The van der Waals surface area contributed by atoms with Crippen LogP contribution in [0.25, 0.3) is 0 Å². The lowest BCUT2D eigenvalue weighted by molar-refractivity contribution is -0.122. The minimum atomic E-state index is -0.655. The van der Waals surface area contributed by atoms with Crippen molar-refractivity contribution in [2.24, 2.45) is 0 Å². The van der Waals surface area contributed by atoms with Crippen molar-refractivity contribution >= 4 is 23.2 Å². The lowest BCUT2D eigenvalue weighted by Crippen LogP contribution is -2.30. The van der Waals surface area contributed by atoms with E-state index in [-0.39, 0.29) is 5.91 Å². The molecule has 0 radical (unpaired) electrons. The minimum absolute atomic E-state index is 0.244. The molecular weight excluding hydrogens is 338 g/mol. The standard InChI is InChI=1S/C20H22ClNO3/c1-5-9-24-17-8-6-7-16(12-17)22-20(23)15(4)25-18-10-13(2)19(21)14(3)11-18/h5-8,10-12,15H,1,9H2,2-4H3,(H,22,23)/t15-/m1/s1. The molecule has 0 aromatic heterocycles. The molecule has 2 aromatic carbocycles. The van der Waals surface area contributed by atoms with Crippen molar-refractivity contribution in [3.63, 3.8) is 0 Å². The number of aryl methyl sites for hydroxylation is 2. The fourth-order valence-corrected chi connectivity index (χ4v) is 2.40. The average Bonchev–Trinajstić information content (AvgIpc) is 2.58. The molecule has 4 nitrogen and oxygen atoms in total. The van der Waals surface area contributed by atoms with Crippen LogP contribution in [0.3, 0.4) is 0 Å². The number of halogens is 1. The molecule has 0 aliphatic heterocycles. The number of anilines is 1. The molecule has 0 bridgehead atoms. The zero-order chi connectivity index (χ0) is 18.4. The molecule has 1 atom stereocenters. The second-order valence-corrected chi connectivity index (χ2v) is 6.13. The Balaban J connectivity index is 2.02. The zero-order valence-electron chi connectivity index (χ0n) is 14.6. The van der Waals surface area contributed by atoms with Gasteiger partial charge in [0.1, 0.15) is 18.1 Å². The van der Waals surface area contributed by atoms with Gasteiger partial charge >= 0.3 is 0 Å². The second kappa shape index (κ2) is 8.58. The molecule has 0 heterocycles. The maximum absolute atomic E-state index is 12.4. The van der Waals surface area contributed by atoms with Gasteiger partial charge in [0.25, 0.3) is 5.91 Å². The van der Waals surface area contributed by atoms with Crippen LogP contribution in [0, 0.1) is 13.8 Å². The van der Waals surface area contributed by atoms with E-state index in [0.717, 1.165) is 11.1 Å². The molecule has 0 saturated heterocycles. The summed E-state index contributed by atoms with van der Waals surface area (Å²) in [5.41, 5.74) is 2.47. The zero-order valence-corrected chi connectivity index (χ0v) is 15.4. The Morgan fingerprint density at radius 2 is 1.92 bits per heavy atom. The minimum Gasteiger partial charge on any atom is -0.489 e. The van der Waals surface area contributed by atoms with Gasteiger partial charge in [0.15, 0.2) is 6.10 Å². The maximum atomic E-state index is 12.4. The molecule has 0 saturated carbocycles. The summed E-state index contributed by atoms with van der Waals surface area (Å²) in [5, 5.41) is 3.53. The molecular formula is C20H22ClNO3. The summed E-state index contributed by atoms with van der Waals surface area (Å²) in [6.45, 7) is 9.53. The highest BCUT2D eigenvalue weighted by Crippen LogP contribution is 2.26. The average molecular weight is 360 g/mol. The first-order chi connectivity index (χ1) is 11.9. The SMILES string of the molecule is C=CCOc1cccc(NC(=O)[C@@H](C)Oc2cc(C)c(Cl)c(C)c2)c1. The van der Waals surface area contributed by atoms with Gasteiger partial charge in [0.2, 0.25) is 0 Å². The van der Waals surface area contributed by atoms with E-state index in [2.05, 4.69) is 11.9 Å². The smallest absolute Gasteiger partial charge is 0.265 e. The molecule has 132 valence electrons. The second-order valence-electron chi connectivity index (χ2n) is 5.75. The summed E-state index contributed by atoms with van der Waals surface area (Å²) in [6.07, 6.45) is 1.01. The van der Waals surface area contributed by atoms with Crippen LogP contribution in [0.4, 0.5) is 5.69 Å². The van der Waals surface area contributed by atoms with Gasteiger partial charge in [-0.05, 0) is 56.2 Å². The molecule has 5 heteroatoms. The molecule has 0 unspecified atom stereocenters. The molecule has 0 aliphatic carbocycles. The summed E-state index contributed by atoms with van der Waals surface area (Å²) in [4.78, 5) is 12.4. The van der Waals surface area contributed by atoms with E-state index >= 15 is 0 Å². The van der Waals surface area contributed by atoms with E-state index < -0.39 is 6.10 Å². The molecule has 1 N–H and O–H groups in total. The molecule has 0 spiro atoms. The van der Waals surface area contributed by atoms with Gasteiger partial charge in [-0.25, -0.2) is 0 Å². The fraction of sp³-hybridized carbons (Fsp3) is 0.250. The lowest BCUT2D eigenvalue weighted by Gasteiger charge is -2.16. The van der Waals surface area contributed by atoms with E-state index in [1.807, 2.05) is 38.1 Å². The Morgan fingerprint density at radius 1 is 1.24 bits per heavy atom. The van der Waals surface area contributed by atoms with Crippen LogP contribution in [0.2, 0.25) is 5.02 Å². The molecule has 2 rings (SSSR count). The molecule has 0 fully saturated rings. The number of rotatable bonds is 7. The monoisotopic (exact) mass is 359 g/mol. The maximum Gasteiger partial charge on any atom is 0.265 e. The lowest BCUT2D eigenvalue weighted by atomic mass is 10.1. The van der Waals surface area contributed by atoms with Gasteiger partial charge < -0.3 is 14.8 Å². The summed E-state index contributed by atoms with van der Waals surface area (Å²) in [6, 6.07) is 10.8. The molecule has 2 aromatic rings. The highest BCUT2D eigenvalue weighted by Gasteiger charge is 2.16. The number of ether oxygens (including phenoxy) is 2. The Bertz CT molecular complexity index is 750. The van der Waals surface area contributed by atoms with Gasteiger partial charge in [-0.1, -0.05) is 30.3 Å². The number of benzene rings is 2. The quantitative estimate of drug-likeness (QED) is 0.713. The molecule has 1 amide bonds. The van der Waals surface area contributed by atoms with Gasteiger partial charge in [0, 0.05) is 16.8 Å². The van der Waals surface area contributed by atoms with Crippen LogP contribution in [0.5, 0.6) is 11.5 Å². The van der Waals surface area contributed by atoms with Crippen molar-refractivity contribution in [3.05, 3.63) is 65.2 Å². The van der Waals surface area contributed by atoms with Crippen molar-refractivity contribution in [1.82, 2.24) is 0 Å². The number of carbonyl (C=O) groups excluding carboxylic acids is 1. The summed E-state index contributed by atoms with van der Waals surface area (Å²) in [5.74, 6) is 1.03.